The van der Waals surface area contributed by atoms with Crippen molar-refractivity contribution in [2.75, 3.05) is 20.3 Å². The van der Waals surface area contributed by atoms with Gasteiger partial charge in [0, 0.05) is 30.4 Å². The van der Waals surface area contributed by atoms with Crippen LogP contribution in [0.1, 0.15) is 32.9 Å². The number of hydrazone groups is 1. The van der Waals surface area contributed by atoms with Gasteiger partial charge >= 0.3 is 0 Å². The molecule has 0 spiro atoms. The normalized spacial score (nSPS) is 11.4. The van der Waals surface area contributed by atoms with Gasteiger partial charge < -0.3 is 20.9 Å². The fourth-order valence-corrected chi connectivity index (χ4v) is 2.53. The molecule has 0 aliphatic heterocycles. The summed E-state index contributed by atoms with van der Waals surface area (Å²) in [7, 11) is 1.53. The van der Waals surface area contributed by atoms with E-state index >= 15 is 0 Å². The van der Waals surface area contributed by atoms with Crippen molar-refractivity contribution < 1.29 is 19.0 Å². The average molecular weight is 404 g/mol. The first kappa shape index (κ1) is 22.2. The lowest BCUT2D eigenvalue weighted by atomic mass is 10.1. The number of nitrogens with one attached hydrogen (secondary N) is 1. The van der Waals surface area contributed by atoms with Crippen molar-refractivity contribution >= 4 is 11.7 Å². The van der Waals surface area contributed by atoms with Gasteiger partial charge in [-0.1, -0.05) is 6.07 Å². The summed E-state index contributed by atoms with van der Waals surface area (Å²) in [5.74, 6) is 4.79. The molecule has 0 fully saturated rings. The summed E-state index contributed by atoms with van der Waals surface area (Å²) in [6.45, 7) is 1.92. The van der Waals surface area contributed by atoms with Crippen LogP contribution in [0.5, 0.6) is 0 Å². The number of halogens is 1. The van der Waals surface area contributed by atoms with Crippen molar-refractivity contribution in [3.63, 3.8) is 0 Å². The molecule has 0 radical (unpaired) electrons. The van der Waals surface area contributed by atoms with Gasteiger partial charge in [-0.25, -0.2) is 20.3 Å². The van der Waals surface area contributed by atoms with E-state index in [1.807, 2.05) is 0 Å². The summed E-state index contributed by atoms with van der Waals surface area (Å²) < 4.78 is 19.0. The Morgan fingerprint density at radius 2 is 2.14 bits per heavy atom. The average Bonchev–Trinajstić information content (AvgIpc) is 2.67. The molecule has 1 heterocycles. The number of aliphatic hydroxyl groups is 1. The van der Waals surface area contributed by atoms with Crippen LogP contribution >= 0.6 is 0 Å². The number of amidine groups is 1. The predicted octanol–water partition coefficient (Wildman–Crippen LogP) is 0.394. The molecule has 6 N–H and O–H groups in total. The van der Waals surface area contributed by atoms with Gasteiger partial charge in [0.25, 0.3) is 5.91 Å². The van der Waals surface area contributed by atoms with Crippen LogP contribution in [0.2, 0.25) is 0 Å². The molecule has 9 nitrogen and oxygen atoms in total. The lowest BCUT2D eigenvalue weighted by Gasteiger charge is -2.11. The highest BCUT2D eigenvalue weighted by molar-refractivity contribution is 6.00. The zero-order valence-electron chi connectivity index (χ0n) is 16.4. The molecule has 0 aliphatic carbocycles. The van der Waals surface area contributed by atoms with E-state index in [-0.39, 0.29) is 37.9 Å². The largest absolute Gasteiger partial charge is 0.394 e. The summed E-state index contributed by atoms with van der Waals surface area (Å²) in [5.41, 5.74) is 8.21. The minimum absolute atomic E-state index is 0.0329. The zero-order chi connectivity index (χ0) is 21.4. The molecule has 0 saturated carbocycles. The van der Waals surface area contributed by atoms with Crippen molar-refractivity contribution in [3.05, 3.63) is 64.2 Å². The lowest BCUT2D eigenvalue weighted by Crippen LogP contribution is -2.27. The number of ether oxygens (including phenoxy) is 1. The molecular weight excluding hydrogens is 379 g/mol. The molecule has 1 aromatic heterocycles. The minimum Gasteiger partial charge on any atom is -0.394 e. The number of carbonyl (C=O) groups excluding carboxylic acids is 1. The van der Waals surface area contributed by atoms with Gasteiger partial charge in [0.05, 0.1) is 19.8 Å². The van der Waals surface area contributed by atoms with E-state index in [9.17, 15) is 9.18 Å². The number of hydrogen-bond acceptors (Lipinski definition) is 7. The SMILES string of the molecule is Cc1cc(/C(N)=N/N(C)N)cc(C(=O)NCc2ccc(F)c(COCCO)c2)n1. The number of aliphatic hydroxyl groups excluding tert-OH is 1. The molecule has 0 bridgehead atoms. The third-order valence-electron chi connectivity index (χ3n) is 3.80. The number of nitrogens with two attached hydrogens (primary N) is 2. The number of aromatic nitrogens is 1. The summed E-state index contributed by atoms with van der Waals surface area (Å²) >= 11 is 0. The van der Waals surface area contributed by atoms with E-state index in [1.165, 1.54) is 19.2 Å². The fraction of sp³-hybridized carbons (Fsp3) is 0.316. The first-order valence-electron chi connectivity index (χ1n) is 8.85. The van der Waals surface area contributed by atoms with Gasteiger partial charge in [-0.15, -0.1) is 5.10 Å². The smallest absolute Gasteiger partial charge is 0.270 e. The number of carbonyl (C=O) groups is 1. The molecule has 1 aromatic carbocycles. The van der Waals surface area contributed by atoms with Crippen LogP contribution in [0.25, 0.3) is 0 Å². The number of pyridine rings is 1. The molecule has 0 unspecified atom stereocenters. The van der Waals surface area contributed by atoms with Crippen LogP contribution < -0.4 is 16.9 Å². The highest BCUT2D eigenvalue weighted by Gasteiger charge is 2.12. The molecule has 2 rings (SSSR count). The molecule has 2 aromatic rings. The molecular formula is C19H25FN6O3. The Morgan fingerprint density at radius 1 is 1.38 bits per heavy atom. The maximum Gasteiger partial charge on any atom is 0.270 e. The number of rotatable bonds is 9. The molecule has 0 atom stereocenters. The van der Waals surface area contributed by atoms with Gasteiger partial charge in [0.2, 0.25) is 0 Å². The molecule has 0 saturated heterocycles. The van der Waals surface area contributed by atoms with Crippen molar-refractivity contribution in [1.82, 2.24) is 15.4 Å². The number of nitrogens with zero attached hydrogens (tertiary/aromatic N) is 3. The van der Waals surface area contributed by atoms with E-state index in [0.717, 1.165) is 5.12 Å². The highest BCUT2D eigenvalue weighted by atomic mass is 19.1. The van der Waals surface area contributed by atoms with Crippen molar-refractivity contribution in [3.8, 4) is 0 Å². The first-order valence-corrected chi connectivity index (χ1v) is 8.85. The Balaban J connectivity index is 2.09. The first-order chi connectivity index (χ1) is 13.8. The van der Waals surface area contributed by atoms with Gasteiger partial charge in [0.1, 0.15) is 11.5 Å². The number of benzene rings is 1. The Morgan fingerprint density at radius 3 is 2.83 bits per heavy atom. The van der Waals surface area contributed by atoms with E-state index in [1.54, 1.807) is 25.1 Å². The quantitative estimate of drug-likeness (QED) is 0.156. The molecule has 29 heavy (non-hydrogen) atoms. The van der Waals surface area contributed by atoms with Crippen LogP contribution in [0.15, 0.2) is 35.4 Å². The van der Waals surface area contributed by atoms with Gasteiger partial charge in [-0.3, -0.25) is 4.79 Å². The van der Waals surface area contributed by atoms with Crippen molar-refractivity contribution in [2.24, 2.45) is 16.7 Å². The van der Waals surface area contributed by atoms with Crippen molar-refractivity contribution in [2.45, 2.75) is 20.1 Å². The number of amides is 1. The lowest BCUT2D eigenvalue weighted by molar-refractivity contribution is 0.0799. The second-order valence-electron chi connectivity index (χ2n) is 6.33. The van der Waals surface area contributed by atoms with Gasteiger partial charge in [-0.2, -0.15) is 0 Å². The Kier molecular flexibility index (Phi) is 8.01. The second kappa shape index (κ2) is 10.5. The van der Waals surface area contributed by atoms with E-state index in [4.69, 9.17) is 21.4 Å². The van der Waals surface area contributed by atoms with E-state index in [0.29, 0.717) is 22.4 Å². The third-order valence-corrected chi connectivity index (χ3v) is 3.80. The number of aryl methyl sites for hydroxylation is 1. The number of hydrogen-bond donors (Lipinski definition) is 4. The standard InChI is InChI=1S/C19H25FN6O3/c1-12-7-14(18(21)25-26(2)22)9-17(24-12)19(28)23-10-13-3-4-16(20)15(8-13)11-29-6-5-27/h3-4,7-9,27H,5-6,10-11,22H2,1-2H3,(H2,21,25)(H,23,28). The highest BCUT2D eigenvalue weighted by Crippen LogP contribution is 2.12. The minimum atomic E-state index is -0.414. The summed E-state index contributed by atoms with van der Waals surface area (Å²) in [5, 5.41) is 16.5. The van der Waals surface area contributed by atoms with E-state index < -0.39 is 11.7 Å². The Hall–Kier alpha value is -3.08. The van der Waals surface area contributed by atoms with Crippen LogP contribution in [-0.4, -0.2) is 47.2 Å². The molecule has 0 aliphatic rings. The zero-order valence-corrected chi connectivity index (χ0v) is 16.4. The summed E-state index contributed by atoms with van der Waals surface area (Å²) in [4.78, 5) is 16.7. The Bertz CT molecular complexity index is 888. The predicted molar refractivity (Wildman–Crippen MR) is 106 cm³/mol. The van der Waals surface area contributed by atoms with Crippen LogP contribution in [-0.2, 0) is 17.9 Å². The van der Waals surface area contributed by atoms with Crippen LogP contribution in [0, 0.1) is 12.7 Å². The third kappa shape index (κ3) is 6.79. The summed E-state index contributed by atoms with van der Waals surface area (Å²) in [6.07, 6.45) is 0. The monoisotopic (exact) mass is 404 g/mol. The maximum absolute atomic E-state index is 13.8. The Labute approximate surface area is 168 Å². The van der Waals surface area contributed by atoms with Gasteiger partial charge in [-0.05, 0) is 36.8 Å². The van der Waals surface area contributed by atoms with Crippen molar-refractivity contribution in [1.29, 1.82) is 0 Å². The molecule has 1 amide bonds. The number of hydrazine groups is 1. The van der Waals surface area contributed by atoms with Gasteiger partial charge in [0.15, 0.2) is 5.84 Å². The fourth-order valence-electron chi connectivity index (χ4n) is 2.53. The summed E-state index contributed by atoms with van der Waals surface area (Å²) in [6, 6.07) is 7.69. The maximum atomic E-state index is 13.8. The topological polar surface area (TPSA) is 139 Å². The van der Waals surface area contributed by atoms with Crippen LogP contribution in [0.3, 0.4) is 0 Å². The molecule has 156 valence electrons. The van der Waals surface area contributed by atoms with Crippen LogP contribution in [0.4, 0.5) is 4.39 Å². The van der Waals surface area contributed by atoms with E-state index in [2.05, 4.69) is 15.4 Å². The second-order valence-corrected chi connectivity index (χ2v) is 6.33. The molecule has 10 heteroatoms.